The van der Waals surface area contributed by atoms with Crippen LogP contribution in [0.25, 0.3) is 0 Å². The van der Waals surface area contributed by atoms with Crippen LogP contribution in [-0.4, -0.2) is 16.7 Å². The van der Waals surface area contributed by atoms with Gasteiger partial charge >= 0.3 is 5.97 Å². The fraction of sp³-hybridized carbons (Fsp3) is 0.154. The number of benzene rings is 1. The Morgan fingerprint density at radius 1 is 1.33 bits per heavy atom. The molecule has 0 aliphatic rings. The smallest absolute Gasteiger partial charge is 0.310 e. The molecule has 92 valence electrons. The van der Waals surface area contributed by atoms with Gasteiger partial charge in [0.05, 0.1) is 11.8 Å². The zero-order valence-corrected chi connectivity index (χ0v) is 9.75. The van der Waals surface area contributed by atoms with Crippen LogP contribution >= 0.6 is 0 Å². The number of carbonyl (C=O) groups is 2. The fourth-order valence-corrected chi connectivity index (χ4v) is 1.39. The monoisotopic (exact) mass is 245 g/mol. The predicted octanol–water partition coefficient (Wildman–Crippen LogP) is 2.22. The number of aromatic nitrogens is 1. The second kappa shape index (κ2) is 5.27. The molecule has 1 aromatic heterocycles. The van der Waals surface area contributed by atoms with Crippen LogP contribution in [0.2, 0.25) is 0 Å². The van der Waals surface area contributed by atoms with Crippen LogP contribution in [0.4, 0.5) is 0 Å². The van der Waals surface area contributed by atoms with E-state index in [9.17, 15) is 9.59 Å². The highest BCUT2D eigenvalue weighted by Crippen LogP contribution is 2.21. The highest BCUT2D eigenvalue weighted by atomic mass is 16.5. The minimum absolute atomic E-state index is 0.0324. The Hall–Kier alpha value is -2.43. The minimum Gasteiger partial charge on any atom is -0.442 e. The summed E-state index contributed by atoms with van der Waals surface area (Å²) in [4.78, 5) is 27.1. The van der Waals surface area contributed by atoms with E-state index < -0.39 is 11.8 Å². The van der Waals surface area contributed by atoms with Crippen LogP contribution in [0.15, 0.2) is 41.1 Å². The number of rotatable bonds is 4. The van der Waals surface area contributed by atoms with E-state index in [-0.39, 0.29) is 23.6 Å². The lowest BCUT2D eigenvalue weighted by molar-refractivity contribution is -0.134. The molecule has 2 rings (SSSR count). The van der Waals surface area contributed by atoms with Crippen LogP contribution in [0.1, 0.15) is 29.6 Å². The van der Waals surface area contributed by atoms with Gasteiger partial charge in [-0.1, -0.05) is 19.1 Å². The number of carbonyl (C=O) groups excluding carboxylic acids is 2. The topological polar surface area (TPSA) is 69.4 Å². The van der Waals surface area contributed by atoms with Gasteiger partial charge in [0, 0.05) is 6.42 Å². The number of ether oxygens (including phenoxy) is 1. The molecule has 0 radical (unpaired) electrons. The van der Waals surface area contributed by atoms with E-state index in [1.54, 1.807) is 31.2 Å². The van der Waals surface area contributed by atoms with E-state index >= 15 is 0 Å². The molecule has 0 saturated heterocycles. The molecule has 0 bridgehead atoms. The summed E-state index contributed by atoms with van der Waals surface area (Å²) in [5, 5.41) is 0. The molecule has 1 heterocycles. The largest absolute Gasteiger partial charge is 0.442 e. The Bertz CT molecular complexity index is 560. The maximum atomic E-state index is 12.1. The van der Waals surface area contributed by atoms with Gasteiger partial charge in [-0.3, -0.25) is 9.59 Å². The van der Waals surface area contributed by atoms with Gasteiger partial charge < -0.3 is 9.15 Å². The van der Waals surface area contributed by atoms with E-state index in [2.05, 4.69) is 4.98 Å². The molecular weight excluding hydrogens is 234 g/mol. The van der Waals surface area contributed by atoms with Gasteiger partial charge in [-0.05, 0) is 12.1 Å². The Labute approximate surface area is 103 Å². The van der Waals surface area contributed by atoms with E-state index in [0.717, 1.165) is 0 Å². The molecule has 18 heavy (non-hydrogen) atoms. The number of para-hydroxylation sites is 1. The van der Waals surface area contributed by atoms with Gasteiger partial charge in [-0.15, -0.1) is 0 Å². The van der Waals surface area contributed by atoms with Gasteiger partial charge in [0.15, 0.2) is 0 Å². The van der Waals surface area contributed by atoms with E-state index in [1.807, 2.05) is 0 Å². The highest BCUT2D eigenvalue weighted by molar-refractivity contribution is 6.08. The summed E-state index contributed by atoms with van der Waals surface area (Å²) in [5.41, 5.74) is 0.252. The summed E-state index contributed by atoms with van der Waals surface area (Å²) >= 11 is 0. The summed E-state index contributed by atoms with van der Waals surface area (Å²) in [5.74, 6) is -0.635. The second-order valence-corrected chi connectivity index (χ2v) is 3.49. The standard InChI is InChI=1S/C13H11NO4/c1-2-11(15)18-10-6-4-3-5-9(10)12(16)13-14-7-8-17-13/h3-8H,2H2,1H3. The van der Waals surface area contributed by atoms with Gasteiger partial charge in [-0.25, -0.2) is 4.98 Å². The first kappa shape index (κ1) is 12.0. The average molecular weight is 245 g/mol. The molecule has 0 atom stereocenters. The molecule has 2 aromatic rings. The van der Waals surface area contributed by atoms with E-state index in [0.29, 0.717) is 0 Å². The van der Waals surface area contributed by atoms with Gasteiger partial charge in [-0.2, -0.15) is 0 Å². The molecule has 0 saturated carbocycles. The lowest BCUT2D eigenvalue weighted by Crippen LogP contribution is -2.10. The van der Waals surface area contributed by atoms with Crippen molar-refractivity contribution in [3.05, 3.63) is 48.2 Å². The van der Waals surface area contributed by atoms with Crippen molar-refractivity contribution >= 4 is 11.8 Å². The third-order valence-electron chi connectivity index (χ3n) is 2.27. The zero-order valence-electron chi connectivity index (χ0n) is 9.75. The Balaban J connectivity index is 2.33. The van der Waals surface area contributed by atoms with Crippen molar-refractivity contribution in [3.8, 4) is 5.75 Å². The first-order chi connectivity index (χ1) is 8.72. The fourth-order valence-electron chi connectivity index (χ4n) is 1.39. The van der Waals surface area contributed by atoms with Crippen LogP contribution in [0, 0.1) is 0 Å². The van der Waals surface area contributed by atoms with Gasteiger partial charge in [0.1, 0.15) is 12.0 Å². The molecule has 5 heteroatoms. The molecule has 0 unspecified atom stereocenters. The number of hydrogen-bond acceptors (Lipinski definition) is 5. The van der Waals surface area contributed by atoms with Crippen molar-refractivity contribution < 1.29 is 18.7 Å². The lowest BCUT2D eigenvalue weighted by atomic mass is 10.1. The average Bonchev–Trinajstić information content (AvgIpc) is 2.92. The Morgan fingerprint density at radius 3 is 2.78 bits per heavy atom. The molecule has 0 spiro atoms. The number of ketones is 1. The van der Waals surface area contributed by atoms with Crippen LogP contribution in [0.5, 0.6) is 5.75 Å². The number of hydrogen-bond donors (Lipinski definition) is 0. The summed E-state index contributed by atoms with van der Waals surface area (Å²) < 4.78 is 10.0. The molecule has 0 aliphatic carbocycles. The first-order valence-corrected chi connectivity index (χ1v) is 5.46. The van der Waals surface area contributed by atoms with Crippen molar-refractivity contribution in [2.45, 2.75) is 13.3 Å². The van der Waals surface area contributed by atoms with Crippen LogP contribution < -0.4 is 4.74 Å². The minimum atomic E-state index is -0.417. The first-order valence-electron chi connectivity index (χ1n) is 5.46. The predicted molar refractivity (Wildman–Crippen MR) is 62.3 cm³/mol. The number of nitrogens with zero attached hydrogens (tertiary/aromatic N) is 1. The summed E-state index contributed by atoms with van der Waals surface area (Å²) in [7, 11) is 0. The van der Waals surface area contributed by atoms with Crippen molar-refractivity contribution in [2.24, 2.45) is 0 Å². The van der Waals surface area contributed by atoms with E-state index in [1.165, 1.54) is 12.5 Å². The number of oxazole rings is 1. The highest BCUT2D eigenvalue weighted by Gasteiger charge is 2.19. The Morgan fingerprint density at radius 2 is 2.11 bits per heavy atom. The van der Waals surface area contributed by atoms with Crippen molar-refractivity contribution in [1.29, 1.82) is 0 Å². The zero-order chi connectivity index (χ0) is 13.0. The van der Waals surface area contributed by atoms with Crippen LogP contribution in [0.3, 0.4) is 0 Å². The quantitative estimate of drug-likeness (QED) is 0.469. The van der Waals surface area contributed by atoms with Crippen molar-refractivity contribution in [2.75, 3.05) is 0 Å². The summed E-state index contributed by atoms with van der Waals surface area (Å²) in [6.45, 7) is 1.68. The van der Waals surface area contributed by atoms with Gasteiger partial charge in [0.2, 0.25) is 0 Å². The number of esters is 1. The van der Waals surface area contributed by atoms with E-state index in [4.69, 9.17) is 9.15 Å². The summed E-state index contributed by atoms with van der Waals surface area (Å²) in [6.07, 6.45) is 2.93. The third-order valence-corrected chi connectivity index (χ3v) is 2.27. The summed E-state index contributed by atoms with van der Waals surface area (Å²) in [6, 6.07) is 6.48. The normalized spacial score (nSPS) is 10.1. The van der Waals surface area contributed by atoms with Crippen molar-refractivity contribution in [3.63, 3.8) is 0 Å². The molecule has 0 fully saturated rings. The van der Waals surface area contributed by atoms with Crippen molar-refractivity contribution in [1.82, 2.24) is 4.98 Å². The maximum Gasteiger partial charge on any atom is 0.310 e. The SMILES string of the molecule is CCC(=O)Oc1ccccc1C(=O)c1ncco1. The lowest BCUT2D eigenvalue weighted by Gasteiger charge is -2.06. The maximum absolute atomic E-state index is 12.1. The second-order valence-electron chi connectivity index (χ2n) is 3.49. The molecule has 0 N–H and O–H groups in total. The van der Waals surface area contributed by atoms with Gasteiger partial charge in [0.25, 0.3) is 11.7 Å². The molecule has 1 aromatic carbocycles. The third kappa shape index (κ3) is 2.45. The molecule has 0 aliphatic heterocycles. The molecule has 5 nitrogen and oxygen atoms in total. The Kier molecular flexibility index (Phi) is 3.52. The molecular formula is C13H11NO4. The molecule has 0 amide bonds. The van der Waals surface area contributed by atoms with Crippen LogP contribution in [-0.2, 0) is 4.79 Å².